The maximum Gasteiger partial charge on any atom is 0.293 e. The number of anilines is 2. The molecule has 0 unspecified atom stereocenters. The molecule has 1 saturated heterocycles. The Labute approximate surface area is 299 Å². The minimum atomic E-state index is -4.46. The fraction of sp³-hybridized carbons (Fsp3) is 0.194. The van der Waals surface area contributed by atoms with Crippen LogP contribution in [0.25, 0.3) is 11.1 Å². The number of nitrogens with zero attached hydrogens (tertiary/aromatic N) is 5. The van der Waals surface area contributed by atoms with Gasteiger partial charge in [-0.25, -0.2) is 13.1 Å². The van der Waals surface area contributed by atoms with E-state index < -0.39 is 31.4 Å². The molecule has 0 bridgehead atoms. The molecule has 6 rings (SSSR count). The molecular formula is C36H35N7O6S2. The number of nitro benzene ring substituents is 1. The normalized spacial score (nSPS) is 13.5. The lowest BCUT2D eigenvalue weighted by Crippen LogP contribution is -2.46. The number of phenolic OH excluding ortho intramolecular Hbond substituents is 1. The monoisotopic (exact) mass is 725 g/mol. The molecule has 1 aromatic heterocycles. The van der Waals surface area contributed by atoms with Crippen LogP contribution in [0.5, 0.6) is 5.75 Å². The number of hydrogen-bond acceptors (Lipinski definition) is 12. The van der Waals surface area contributed by atoms with E-state index in [1.165, 1.54) is 18.2 Å². The highest BCUT2D eigenvalue weighted by Gasteiger charge is 2.25. The van der Waals surface area contributed by atoms with Gasteiger partial charge in [0.25, 0.3) is 21.6 Å². The summed E-state index contributed by atoms with van der Waals surface area (Å²) in [6.45, 7) is 3.98. The minimum absolute atomic E-state index is 0.166. The topological polar surface area (TPSA) is 171 Å². The zero-order valence-corrected chi connectivity index (χ0v) is 29.0. The lowest BCUT2D eigenvalue weighted by Gasteiger charge is -2.35. The molecule has 1 aliphatic rings. The molecule has 1 amide bonds. The van der Waals surface area contributed by atoms with Gasteiger partial charge in [-0.05, 0) is 65.2 Å². The quantitative estimate of drug-likeness (QED) is 0.0612. The number of thioether (sulfide) groups is 1. The number of nitro groups is 1. The third-order valence-corrected chi connectivity index (χ3v) is 10.6. The van der Waals surface area contributed by atoms with E-state index in [-0.39, 0.29) is 17.1 Å². The number of nitrogens with one attached hydrogen (secondary N) is 2. The number of sulfonamides is 1. The van der Waals surface area contributed by atoms with Crippen molar-refractivity contribution < 1.29 is 23.2 Å². The maximum atomic E-state index is 13.1. The van der Waals surface area contributed by atoms with Gasteiger partial charge in [-0.15, -0.1) is 22.0 Å². The van der Waals surface area contributed by atoms with E-state index >= 15 is 0 Å². The van der Waals surface area contributed by atoms with Crippen LogP contribution in [0.2, 0.25) is 0 Å². The number of aromatic nitrogens is 2. The van der Waals surface area contributed by atoms with Gasteiger partial charge in [0.2, 0.25) is 0 Å². The highest BCUT2D eigenvalue weighted by Crippen LogP contribution is 2.29. The van der Waals surface area contributed by atoms with Crippen LogP contribution in [0.3, 0.4) is 0 Å². The zero-order valence-electron chi connectivity index (χ0n) is 27.4. The molecular weight excluding hydrogens is 691 g/mol. The smallest absolute Gasteiger partial charge is 0.293 e. The lowest BCUT2D eigenvalue weighted by molar-refractivity contribution is -0.384. The fourth-order valence-corrected chi connectivity index (χ4v) is 7.46. The second kappa shape index (κ2) is 16.0. The summed E-state index contributed by atoms with van der Waals surface area (Å²) in [4.78, 5) is 29.0. The van der Waals surface area contributed by atoms with Gasteiger partial charge in [-0.1, -0.05) is 54.6 Å². The molecule has 1 fully saturated rings. The Kier molecular flexibility index (Phi) is 11.1. The van der Waals surface area contributed by atoms with Crippen molar-refractivity contribution >= 4 is 44.9 Å². The molecule has 0 atom stereocenters. The molecule has 0 radical (unpaired) electrons. The summed E-state index contributed by atoms with van der Waals surface area (Å²) in [5.41, 5.74) is 2.69. The third kappa shape index (κ3) is 9.00. The van der Waals surface area contributed by atoms with Crippen LogP contribution in [0.4, 0.5) is 17.2 Å². The summed E-state index contributed by atoms with van der Waals surface area (Å²) in [7, 11) is -4.46. The molecule has 3 N–H and O–H groups in total. The zero-order chi connectivity index (χ0) is 35.8. The summed E-state index contributed by atoms with van der Waals surface area (Å²) < 4.78 is 28.1. The van der Waals surface area contributed by atoms with Crippen molar-refractivity contribution in [1.29, 1.82) is 0 Å². The summed E-state index contributed by atoms with van der Waals surface area (Å²) in [6.07, 6.45) is 0. The van der Waals surface area contributed by atoms with Crippen molar-refractivity contribution in [2.24, 2.45) is 0 Å². The van der Waals surface area contributed by atoms with Crippen molar-refractivity contribution in [3.8, 4) is 16.9 Å². The van der Waals surface area contributed by atoms with E-state index in [0.717, 1.165) is 47.3 Å². The Morgan fingerprint density at radius 3 is 2.37 bits per heavy atom. The van der Waals surface area contributed by atoms with Gasteiger partial charge in [0.15, 0.2) is 11.5 Å². The van der Waals surface area contributed by atoms with E-state index in [4.69, 9.17) is 0 Å². The molecule has 51 heavy (non-hydrogen) atoms. The molecule has 0 spiro atoms. The van der Waals surface area contributed by atoms with Crippen LogP contribution in [-0.2, 0) is 16.6 Å². The van der Waals surface area contributed by atoms with Crippen molar-refractivity contribution in [2.45, 2.75) is 16.3 Å². The predicted molar refractivity (Wildman–Crippen MR) is 196 cm³/mol. The van der Waals surface area contributed by atoms with Gasteiger partial charge in [0.1, 0.15) is 11.4 Å². The molecule has 15 heteroatoms. The number of rotatable bonds is 13. The highest BCUT2D eigenvalue weighted by molar-refractivity contribution is 7.99. The Morgan fingerprint density at radius 2 is 1.65 bits per heavy atom. The number of piperazine rings is 1. The summed E-state index contributed by atoms with van der Waals surface area (Å²) in [5, 5.41) is 32.9. The van der Waals surface area contributed by atoms with E-state index in [1.807, 2.05) is 70.3 Å². The van der Waals surface area contributed by atoms with E-state index in [9.17, 15) is 28.4 Å². The van der Waals surface area contributed by atoms with Crippen LogP contribution in [0.15, 0.2) is 119 Å². The second-order valence-electron chi connectivity index (χ2n) is 11.7. The molecule has 13 nitrogen and oxygen atoms in total. The number of carbonyl (C=O) groups excluding carboxylic acids is 1. The van der Waals surface area contributed by atoms with Crippen LogP contribution in [0, 0.1) is 10.1 Å². The molecule has 262 valence electrons. The van der Waals surface area contributed by atoms with Gasteiger partial charge in [-0.2, -0.15) is 0 Å². The molecule has 2 heterocycles. The number of aromatic hydroxyl groups is 1. The first-order chi connectivity index (χ1) is 24.7. The maximum absolute atomic E-state index is 13.1. The first-order valence-electron chi connectivity index (χ1n) is 16.1. The number of amides is 1. The summed E-state index contributed by atoms with van der Waals surface area (Å²) >= 11 is 1.58. The van der Waals surface area contributed by atoms with Crippen molar-refractivity contribution in [3.63, 3.8) is 0 Å². The Morgan fingerprint density at radius 1 is 0.882 bits per heavy atom. The highest BCUT2D eigenvalue weighted by atomic mass is 32.2. The Balaban J connectivity index is 1.03. The van der Waals surface area contributed by atoms with Crippen LogP contribution >= 0.6 is 11.8 Å². The number of carbonyl (C=O) groups is 1. The van der Waals surface area contributed by atoms with Gasteiger partial charge >= 0.3 is 0 Å². The third-order valence-electron chi connectivity index (χ3n) is 8.28. The Hall–Kier alpha value is -5.51. The fourth-order valence-electron chi connectivity index (χ4n) is 5.69. The predicted octanol–water partition coefficient (Wildman–Crippen LogP) is 5.40. The number of phenols is 1. The van der Waals surface area contributed by atoms with Gasteiger partial charge in [0, 0.05) is 56.0 Å². The summed E-state index contributed by atoms with van der Waals surface area (Å²) in [6, 6.07) is 31.5. The molecule has 0 aliphatic carbocycles. The van der Waals surface area contributed by atoms with E-state index in [1.54, 1.807) is 30.0 Å². The average molecular weight is 726 g/mol. The van der Waals surface area contributed by atoms with Crippen molar-refractivity contribution in [2.75, 3.05) is 48.7 Å². The second-order valence-corrected chi connectivity index (χ2v) is 14.6. The minimum Gasteiger partial charge on any atom is -0.508 e. The lowest BCUT2D eigenvalue weighted by atomic mass is 9.99. The number of hydrogen-bond donors (Lipinski definition) is 3. The first kappa shape index (κ1) is 35.3. The van der Waals surface area contributed by atoms with Crippen LogP contribution in [0.1, 0.15) is 16.1 Å². The average Bonchev–Trinajstić information content (AvgIpc) is 3.14. The van der Waals surface area contributed by atoms with E-state index in [2.05, 4.69) is 26.5 Å². The largest absolute Gasteiger partial charge is 0.508 e. The van der Waals surface area contributed by atoms with Crippen LogP contribution < -0.4 is 14.9 Å². The summed E-state index contributed by atoms with van der Waals surface area (Å²) in [5.74, 6) is 0.393. The Bertz CT molecular complexity index is 2110. The standard InChI is InChI=1S/C36H35N7O6S2/c44-28-9-6-8-26(23-28)31-12-5-4-7-27(31)25-41-18-20-42(21-19-41)35-16-15-33(38-39-35)36(45)40-51(48,49)30-13-14-32(34(24-30)43(46)47)37-17-22-50-29-10-2-1-3-11-29/h1-16,23-24,37,44H,17-22,25H2,(H,40,45). The van der Waals surface area contributed by atoms with E-state index in [0.29, 0.717) is 31.2 Å². The first-order valence-corrected chi connectivity index (χ1v) is 18.6. The molecule has 0 saturated carbocycles. The van der Waals surface area contributed by atoms with Crippen molar-refractivity contribution in [3.05, 3.63) is 131 Å². The van der Waals surface area contributed by atoms with Gasteiger partial charge < -0.3 is 15.3 Å². The SMILES string of the molecule is O=C(NS(=O)(=O)c1ccc(NCCSc2ccccc2)c([N+](=O)[O-])c1)c1ccc(N2CCN(Cc3ccccc3-c3cccc(O)c3)CC2)nn1. The van der Waals surface area contributed by atoms with Crippen LogP contribution in [-0.4, -0.2) is 77.9 Å². The van der Waals surface area contributed by atoms with Gasteiger partial charge in [-0.3, -0.25) is 19.8 Å². The van der Waals surface area contributed by atoms with Crippen molar-refractivity contribution in [1.82, 2.24) is 19.8 Å². The molecule has 4 aromatic carbocycles. The molecule has 5 aromatic rings. The van der Waals surface area contributed by atoms with Gasteiger partial charge in [0.05, 0.1) is 9.82 Å². The molecule has 1 aliphatic heterocycles. The number of benzene rings is 4.